The molecule has 2 aromatic rings. The highest BCUT2D eigenvalue weighted by Gasteiger charge is 2.07. The lowest BCUT2D eigenvalue weighted by Crippen LogP contribution is -2.20. The van der Waals surface area contributed by atoms with Crippen LogP contribution in [0.3, 0.4) is 0 Å². The van der Waals surface area contributed by atoms with Gasteiger partial charge in [-0.2, -0.15) is 0 Å². The number of hydrogen-bond donors (Lipinski definition) is 2. The fraction of sp³-hybridized carbons (Fsp3) is 0.133. The van der Waals surface area contributed by atoms with E-state index in [-0.39, 0.29) is 16.5 Å². The summed E-state index contributed by atoms with van der Waals surface area (Å²) in [7, 11) is 0. The Bertz CT molecular complexity index is 601. The summed E-state index contributed by atoms with van der Waals surface area (Å²) in [5.41, 5.74) is 2.32. The van der Waals surface area contributed by atoms with Crippen molar-refractivity contribution in [3.63, 3.8) is 0 Å². The van der Waals surface area contributed by atoms with Crippen LogP contribution in [0.1, 0.15) is 11.1 Å². The summed E-state index contributed by atoms with van der Waals surface area (Å²) in [6.45, 7) is 3.70. The average molecular weight is 292 g/mol. The first-order valence-electron chi connectivity index (χ1n) is 6.06. The van der Waals surface area contributed by atoms with E-state index in [1.54, 1.807) is 24.3 Å². The van der Waals surface area contributed by atoms with Gasteiger partial charge in [0.25, 0.3) is 0 Å². The fourth-order valence-corrected chi connectivity index (χ4v) is 1.97. The van der Waals surface area contributed by atoms with Crippen LogP contribution in [0.25, 0.3) is 0 Å². The van der Waals surface area contributed by atoms with E-state index in [0.717, 1.165) is 11.1 Å². The normalized spacial score (nSPS) is 10.2. The number of hydrogen-bond acceptors (Lipinski definition) is 1. The second kappa shape index (κ2) is 5.96. The van der Waals surface area contributed by atoms with Crippen LogP contribution < -0.4 is 10.6 Å². The van der Waals surface area contributed by atoms with Crippen molar-refractivity contribution in [2.75, 3.05) is 10.6 Å². The van der Waals surface area contributed by atoms with Gasteiger partial charge < -0.3 is 10.6 Å². The van der Waals surface area contributed by atoms with Gasteiger partial charge in [-0.15, -0.1) is 0 Å². The van der Waals surface area contributed by atoms with Gasteiger partial charge in [0.05, 0.1) is 11.4 Å². The lowest BCUT2D eigenvalue weighted by molar-refractivity contribution is 0.631. The Hall–Kier alpha value is -2.01. The van der Waals surface area contributed by atoms with E-state index in [1.165, 1.54) is 12.1 Å². The lowest BCUT2D eigenvalue weighted by atomic mass is 10.2. The largest absolute Gasteiger partial charge is 0.330 e. The molecule has 0 heterocycles. The van der Waals surface area contributed by atoms with Gasteiger partial charge in [-0.1, -0.05) is 12.1 Å². The molecule has 0 bridgehead atoms. The number of halogens is 2. The summed E-state index contributed by atoms with van der Waals surface area (Å²) in [5.74, 6) is -0.825. The van der Waals surface area contributed by atoms with Crippen LogP contribution in [-0.2, 0) is 0 Å². The van der Waals surface area contributed by atoms with Crippen molar-refractivity contribution in [2.45, 2.75) is 13.8 Å². The van der Waals surface area contributed by atoms with Crippen molar-refractivity contribution in [1.82, 2.24) is 0 Å². The van der Waals surface area contributed by atoms with Crippen LogP contribution >= 0.6 is 12.2 Å². The first kappa shape index (κ1) is 14.4. The van der Waals surface area contributed by atoms with E-state index in [9.17, 15) is 8.78 Å². The minimum absolute atomic E-state index is 0.138. The maximum atomic E-state index is 13.6. The summed E-state index contributed by atoms with van der Waals surface area (Å²) in [6.07, 6.45) is 0. The van der Waals surface area contributed by atoms with Gasteiger partial charge in [0.2, 0.25) is 0 Å². The molecule has 0 amide bonds. The van der Waals surface area contributed by atoms with Crippen LogP contribution in [0.4, 0.5) is 20.2 Å². The molecular weight excluding hydrogens is 278 g/mol. The second-order valence-corrected chi connectivity index (χ2v) is 4.95. The Morgan fingerprint density at radius 1 is 0.850 bits per heavy atom. The number of aryl methyl sites for hydroxylation is 2. The van der Waals surface area contributed by atoms with Gasteiger partial charge in [-0.05, 0) is 61.5 Å². The topological polar surface area (TPSA) is 24.1 Å². The number of anilines is 2. The summed E-state index contributed by atoms with van der Waals surface area (Å²) in [4.78, 5) is 0. The minimum Gasteiger partial charge on any atom is -0.330 e. The second-order valence-electron chi connectivity index (χ2n) is 4.55. The lowest BCUT2D eigenvalue weighted by Gasteiger charge is -2.12. The molecule has 0 saturated heterocycles. The molecule has 0 aliphatic carbocycles. The third-order valence-electron chi connectivity index (χ3n) is 2.74. The van der Waals surface area contributed by atoms with E-state index in [4.69, 9.17) is 12.2 Å². The maximum Gasteiger partial charge on any atom is 0.175 e. The molecule has 0 fully saturated rings. The third-order valence-corrected chi connectivity index (χ3v) is 2.94. The molecule has 2 aromatic carbocycles. The molecular formula is C15H14F2N2S. The highest BCUT2D eigenvalue weighted by Crippen LogP contribution is 2.18. The Morgan fingerprint density at radius 2 is 1.25 bits per heavy atom. The van der Waals surface area contributed by atoms with Crippen LogP contribution in [0.15, 0.2) is 36.4 Å². The monoisotopic (exact) mass is 292 g/mol. The van der Waals surface area contributed by atoms with E-state index in [1.807, 2.05) is 13.8 Å². The molecule has 0 aliphatic rings. The number of rotatable bonds is 2. The van der Waals surface area contributed by atoms with Crippen molar-refractivity contribution < 1.29 is 8.78 Å². The third kappa shape index (κ3) is 3.51. The molecule has 0 saturated carbocycles. The van der Waals surface area contributed by atoms with E-state index in [0.29, 0.717) is 0 Å². The molecule has 20 heavy (non-hydrogen) atoms. The minimum atomic E-state index is -0.413. The number of benzene rings is 2. The molecule has 0 radical (unpaired) electrons. The van der Waals surface area contributed by atoms with Gasteiger partial charge in [0, 0.05) is 0 Å². The molecule has 0 aromatic heterocycles. The molecule has 104 valence electrons. The van der Waals surface area contributed by atoms with E-state index < -0.39 is 11.6 Å². The SMILES string of the molecule is Cc1ccc(F)c(NC(=S)Nc2cc(C)ccc2F)c1. The molecule has 2 rings (SSSR count). The van der Waals surface area contributed by atoms with E-state index in [2.05, 4.69) is 10.6 Å². The molecule has 0 spiro atoms. The van der Waals surface area contributed by atoms with Crippen molar-refractivity contribution in [3.8, 4) is 0 Å². The Labute approximate surface area is 121 Å². The molecule has 2 N–H and O–H groups in total. The van der Waals surface area contributed by atoms with Crippen LogP contribution in [0.5, 0.6) is 0 Å². The van der Waals surface area contributed by atoms with Crippen molar-refractivity contribution >= 4 is 28.7 Å². The van der Waals surface area contributed by atoms with Gasteiger partial charge in [-0.3, -0.25) is 0 Å². The fourth-order valence-electron chi connectivity index (χ4n) is 1.75. The zero-order valence-corrected chi connectivity index (χ0v) is 11.9. The standard InChI is InChI=1S/C15H14F2N2S/c1-9-3-5-11(16)13(7-9)18-15(20)19-14-8-10(2)4-6-12(14)17/h3-8H,1-2H3,(H2,18,19,20). The first-order chi connectivity index (χ1) is 9.45. The molecule has 2 nitrogen and oxygen atoms in total. The molecule has 0 unspecified atom stereocenters. The van der Waals surface area contributed by atoms with Crippen molar-refractivity contribution in [3.05, 3.63) is 59.2 Å². The van der Waals surface area contributed by atoms with Crippen LogP contribution in [0, 0.1) is 25.5 Å². The summed E-state index contributed by atoms with van der Waals surface area (Å²) < 4.78 is 27.2. The number of thiocarbonyl (C=S) groups is 1. The van der Waals surface area contributed by atoms with Gasteiger partial charge in [0.1, 0.15) is 11.6 Å². The zero-order valence-electron chi connectivity index (χ0n) is 11.1. The van der Waals surface area contributed by atoms with Crippen molar-refractivity contribution in [1.29, 1.82) is 0 Å². The van der Waals surface area contributed by atoms with Crippen LogP contribution in [0.2, 0.25) is 0 Å². The molecule has 5 heteroatoms. The molecule has 0 atom stereocenters. The Morgan fingerprint density at radius 3 is 1.65 bits per heavy atom. The van der Waals surface area contributed by atoms with Crippen molar-refractivity contribution in [2.24, 2.45) is 0 Å². The van der Waals surface area contributed by atoms with Gasteiger partial charge in [0.15, 0.2) is 5.11 Å². The predicted octanol–water partition coefficient (Wildman–Crippen LogP) is 4.39. The maximum absolute atomic E-state index is 13.6. The summed E-state index contributed by atoms with van der Waals surface area (Å²) in [6, 6.07) is 9.31. The highest BCUT2D eigenvalue weighted by atomic mass is 32.1. The quantitative estimate of drug-likeness (QED) is 0.803. The van der Waals surface area contributed by atoms with Crippen LogP contribution in [-0.4, -0.2) is 5.11 Å². The number of nitrogens with one attached hydrogen (secondary N) is 2. The first-order valence-corrected chi connectivity index (χ1v) is 6.47. The Balaban J connectivity index is 2.13. The van der Waals surface area contributed by atoms with E-state index >= 15 is 0 Å². The molecule has 0 aliphatic heterocycles. The smallest absolute Gasteiger partial charge is 0.175 e. The predicted molar refractivity (Wildman–Crippen MR) is 82.1 cm³/mol. The van der Waals surface area contributed by atoms with Gasteiger partial charge >= 0.3 is 0 Å². The average Bonchev–Trinajstić information content (AvgIpc) is 2.38. The Kier molecular flexibility index (Phi) is 4.29. The summed E-state index contributed by atoms with van der Waals surface area (Å²) in [5, 5.41) is 5.59. The summed E-state index contributed by atoms with van der Waals surface area (Å²) >= 11 is 5.07. The van der Waals surface area contributed by atoms with Gasteiger partial charge in [-0.25, -0.2) is 8.78 Å². The highest BCUT2D eigenvalue weighted by molar-refractivity contribution is 7.80. The zero-order chi connectivity index (χ0) is 14.7.